The minimum Gasteiger partial charge on any atom is -0.462 e. The average molecular weight is 527 g/mol. The Morgan fingerprint density at radius 3 is 2.53 bits per heavy atom. The zero-order valence-electron chi connectivity index (χ0n) is 20.2. The van der Waals surface area contributed by atoms with Gasteiger partial charge in [-0.2, -0.15) is 5.09 Å². The lowest BCUT2D eigenvalue weighted by Crippen LogP contribution is -2.39. The third kappa shape index (κ3) is 6.90. The Morgan fingerprint density at radius 1 is 1.22 bits per heavy atom. The molecule has 1 saturated heterocycles. The molecule has 0 spiro atoms. The van der Waals surface area contributed by atoms with E-state index in [0.29, 0.717) is 0 Å². The molecule has 2 unspecified atom stereocenters. The molecule has 1 aliphatic rings. The Balaban J connectivity index is 1.78. The van der Waals surface area contributed by atoms with Crippen molar-refractivity contribution in [1.82, 2.24) is 14.6 Å². The molecule has 2 heterocycles. The number of benzene rings is 1. The standard InChI is InChI=1S/C22H30N3O10P/c1-13(2)33-21(28)14(3)24-36(30,35-15-8-6-5-7-9-15)32-12-16-18(27)19(31-4)20(34-16)25-11-10-17(26)23-22(25)29/h5-11,13-14,16,18-20,27H,12H2,1-4H3,(H,24,30)(H,23,26,29)/t14-,16+,18-,19?,20+,36?/m0/s1. The topological polar surface area (TPSA) is 167 Å². The van der Waals surface area contributed by atoms with Gasteiger partial charge in [0.1, 0.15) is 30.1 Å². The Morgan fingerprint density at radius 2 is 1.92 bits per heavy atom. The number of aliphatic hydroxyl groups is 1. The lowest BCUT2D eigenvalue weighted by molar-refractivity contribution is -0.149. The third-order valence-electron chi connectivity index (χ3n) is 5.14. The molecule has 6 atom stereocenters. The van der Waals surface area contributed by atoms with E-state index < -0.39 is 68.3 Å². The number of esters is 1. The number of H-pyrrole nitrogens is 1. The van der Waals surface area contributed by atoms with Crippen molar-refractivity contribution in [3.8, 4) is 5.75 Å². The fraction of sp³-hybridized carbons (Fsp3) is 0.500. The maximum atomic E-state index is 13.6. The maximum absolute atomic E-state index is 13.6. The van der Waals surface area contributed by atoms with E-state index in [2.05, 4.69) is 10.1 Å². The number of aliphatic hydroxyl groups excluding tert-OH is 1. The number of aromatic amines is 1. The summed E-state index contributed by atoms with van der Waals surface area (Å²) in [5.74, 6) is -0.460. The number of carbonyl (C=O) groups is 1. The van der Waals surface area contributed by atoms with E-state index in [9.17, 15) is 24.1 Å². The predicted octanol–water partition coefficient (Wildman–Crippen LogP) is 0.943. The van der Waals surface area contributed by atoms with Crippen molar-refractivity contribution >= 4 is 13.7 Å². The number of para-hydroxylation sites is 1. The van der Waals surface area contributed by atoms with Crippen LogP contribution in [0.25, 0.3) is 0 Å². The Bertz CT molecular complexity index is 1180. The van der Waals surface area contributed by atoms with Crippen LogP contribution >= 0.6 is 7.75 Å². The highest BCUT2D eigenvalue weighted by Crippen LogP contribution is 2.46. The molecule has 0 bridgehead atoms. The number of rotatable bonds is 11. The van der Waals surface area contributed by atoms with Gasteiger partial charge in [0.2, 0.25) is 0 Å². The number of nitrogens with one attached hydrogen (secondary N) is 2. The maximum Gasteiger partial charge on any atom is 0.459 e. The van der Waals surface area contributed by atoms with Crippen LogP contribution in [0.3, 0.4) is 0 Å². The first-order chi connectivity index (χ1) is 17.0. The smallest absolute Gasteiger partial charge is 0.459 e. The summed E-state index contributed by atoms with van der Waals surface area (Å²) in [4.78, 5) is 38.0. The summed E-state index contributed by atoms with van der Waals surface area (Å²) < 4.78 is 42.0. The number of aromatic nitrogens is 2. The van der Waals surface area contributed by atoms with Crippen LogP contribution < -0.4 is 20.9 Å². The summed E-state index contributed by atoms with van der Waals surface area (Å²) >= 11 is 0. The van der Waals surface area contributed by atoms with Crippen LogP contribution in [0.15, 0.2) is 52.2 Å². The van der Waals surface area contributed by atoms with Gasteiger partial charge in [0.25, 0.3) is 5.56 Å². The predicted molar refractivity (Wildman–Crippen MR) is 126 cm³/mol. The van der Waals surface area contributed by atoms with Crippen LogP contribution in [-0.4, -0.2) is 64.8 Å². The third-order valence-corrected chi connectivity index (χ3v) is 6.79. The van der Waals surface area contributed by atoms with Crippen LogP contribution in [-0.2, 0) is 28.1 Å². The van der Waals surface area contributed by atoms with Crippen LogP contribution in [0, 0.1) is 0 Å². The molecular formula is C22H30N3O10P. The second kappa shape index (κ2) is 12.0. The summed E-state index contributed by atoms with van der Waals surface area (Å²) in [7, 11) is -2.89. The van der Waals surface area contributed by atoms with Gasteiger partial charge in [0.15, 0.2) is 6.23 Å². The number of carbonyl (C=O) groups excluding carboxylic acids is 1. The summed E-state index contributed by atoms with van der Waals surface area (Å²) in [5, 5.41) is 13.3. The molecule has 2 aromatic rings. The summed E-state index contributed by atoms with van der Waals surface area (Å²) in [6, 6.07) is 8.23. The van der Waals surface area contributed by atoms with Gasteiger partial charge in [-0.3, -0.25) is 23.7 Å². The minimum atomic E-state index is -4.21. The molecule has 36 heavy (non-hydrogen) atoms. The van der Waals surface area contributed by atoms with Crippen molar-refractivity contribution in [3.63, 3.8) is 0 Å². The van der Waals surface area contributed by atoms with E-state index in [-0.39, 0.29) is 5.75 Å². The molecule has 1 aromatic heterocycles. The fourth-order valence-corrected chi connectivity index (χ4v) is 4.97. The molecule has 3 N–H and O–H groups in total. The monoisotopic (exact) mass is 527 g/mol. The van der Waals surface area contributed by atoms with Gasteiger partial charge in [0.05, 0.1) is 12.7 Å². The summed E-state index contributed by atoms with van der Waals surface area (Å²) in [5.41, 5.74) is -1.36. The first-order valence-electron chi connectivity index (χ1n) is 11.2. The van der Waals surface area contributed by atoms with Crippen LogP contribution in [0.1, 0.15) is 27.0 Å². The Labute approximate surface area is 206 Å². The largest absolute Gasteiger partial charge is 0.462 e. The van der Waals surface area contributed by atoms with Gasteiger partial charge in [0, 0.05) is 19.4 Å². The number of nitrogens with zero attached hydrogens (tertiary/aromatic N) is 1. The van der Waals surface area contributed by atoms with Crippen LogP contribution in [0.4, 0.5) is 0 Å². The average Bonchev–Trinajstić information content (AvgIpc) is 3.12. The van der Waals surface area contributed by atoms with E-state index in [0.717, 1.165) is 10.6 Å². The number of hydrogen-bond donors (Lipinski definition) is 3. The molecular weight excluding hydrogens is 497 g/mol. The van der Waals surface area contributed by atoms with E-state index >= 15 is 0 Å². The zero-order valence-corrected chi connectivity index (χ0v) is 21.1. The molecule has 1 aromatic carbocycles. The zero-order chi connectivity index (χ0) is 26.5. The highest BCUT2D eigenvalue weighted by Gasteiger charge is 2.47. The second-order valence-corrected chi connectivity index (χ2v) is 10.0. The lowest BCUT2D eigenvalue weighted by atomic mass is 10.1. The molecule has 0 radical (unpaired) electrons. The number of hydrogen-bond acceptors (Lipinski definition) is 10. The van der Waals surface area contributed by atoms with Gasteiger partial charge in [-0.25, -0.2) is 9.36 Å². The SMILES string of the molecule is COC1[C@@H](O)[C@@H](COP(=O)(N[C@@H](C)C(=O)OC(C)C)Oc2ccccc2)O[C@H]1n1ccc(=O)[nH]c1=O. The van der Waals surface area contributed by atoms with Crippen LogP contribution in [0.2, 0.25) is 0 Å². The number of ether oxygens (including phenoxy) is 3. The van der Waals surface area contributed by atoms with Gasteiger partial charge in [-0.15, -0.1) is 0 Å². The first-order valence-corrected chi connectivity index (χ1v) is 12.7. The summed E-state index contributed by atoms with van der Waals surface area (Å²) in [6.45, 7) is 4.33. The minimum absolute atomic E-state index is 0.207. The normalized spacial score (nSPS) is 24.3. The van der Waals surface area contributed by atoms with E-state index in [1.165, 1.54) is 20.2 Å². The lowest BCUT2D eigenvalue weighted by Gasteiger charge is -2.25. The first kappa shape index (κ1) is 27.8. The van der Waals surface area contributed by atoms with E-state index in [1.807, 2.05) is 0 Å². The molecule has 14 heteroatoms. The van der Waals surface area contributed by atoms with E-state index in [1.54, 1.807) is 44.2 Å². The quantitative estimate of drug-likeness (QED) is 0.281. The molecule has 13 nitrogen and oxygen atoms in total. The van der Waals surface area contributed by atoms with Gasteiger partial charge >= 0.3 is 19.4 Å². The fourth-order valence-electron chi connectivity index (χ4n) is 3.47. The van der Waals surface area contributed by atoms with Crippen molar-refractivity contribution in [3.05, 3.63) is 63.4 Å². The Hall–Kier alpha value is -2.80. The summed E-state index contributed by atoms with van der Waals surface area (Å²) in [6.07, 6.45) is -3.70. The molecule has 0 aliphatic carbocycles. The van der Waals surface area contributed by atoms with Crippen molar-refractivity contribution < 1.29 is 37.7 Å². The van der Waals surface area contributed by atoms with E-state index in [4.69, 9.17) is 23.3 Å². The van der Waals surface area contributed by atoms with Crippen molar-refractivity contribution in [2.75, 3.05) is 13.7 Å². The number of methoxy groups -OCH3 is 1. The van der Waals surface area contributed by atoms with Crippen LogP contribution in [0.5, 0.6) is 5.75 Å². The highest BCUT2D eigenvalue weighted by atomic mass is 31.2. The molecule has 1 fully saturated rings. The van der Waals surface area contributed by atoms with Crippen molar-refractivity contribution in [2.24, 2.45) is 0 Å². The molecule has 3 rings (SSSR count). The van der Waals surface area contributed by atoms with Gasteiger partial charge in [-0.05, 0) is 32.9 Å². The second-order valence-electron chi connectivity index (χ2n) is 8.31. The molecule has 1 aliphatic heterocycles. The Kier molecular flexibility index (Phi) is 9.23. The van der Waals surface area contributed by atoms with Gasteiger partial charge < -0.3 is 23.8 Å². The highest BCUT2D eigenvalue weighted by molar-refractivity contribution is 7.52. The van der Waals surface area contributed by atoms with Crippen molar-refractivity contribution in [2.45, 2.75) is 57.5 Å². The molecule has 198 valence electrons. The molecule has 0 saturated carbocycles. The van der Waals surface area contributed by atoms with Gasteiger partial charge in [-0.1, -0.05) is 18.2 Å². The van der Waals surface area contributed by atoms with Crippen molar-refractivity contribution in [1.29, 1.82) is 0 Å². The molecule has 0 amide bonds.